The third-order valence-electron chi connectivity index (χ3n) is 2.61. The second-order valence-electron chi connectivity index (χ2n) is 3.68. The molecule has 1 rings (SSSR count). The predicted molar refractivity (Wildman–Crippen MR) is 70.7 cm³/mol. The minimum Gasteiger partial charge on any atom is -0.398 e. The maximum Gasteiger partial charge on any atom is 0.0646 e. The number of hydrogen-bond donors (Lipinski definition) is 1. The van der Waals surface area contributed by atoms with Crippen molar-refractivity contribution in [2.75, 3.05) is 11.5 Å². The van der Waals surface area contributed by atoms with Crippen LogP contribution in [0.2, 0.25) is 5.02 Å². The van der Waals surface area contributed by atoms with Gasteiger partial charge in [-0.1, -0.05) is 38.3 Å². The van der Waals surface area contributed by atoms with Gasteiger partial charge < -0.3 is 5.73 Å². The average Bonchev–Trinajstić information content (AvgIpc) is 2.24. The summed E-state index contributed by atoms with van der Waals surface area (Å²) in [6.45, 7) is 4.48. The number of rotatable bonds is 5. The van der Waals surface area contributed by atoms with E-state index in [1.807, 2.05) is 30.0 Å². The Bertz CT molecular complexity index is 310. The van der Waals surface area contributed by atoms with Crippen molar-refractivity contribution in [2.45, 2.75) is 31.6 Å². The molecule has 0 aliphatic carbocycles. The first-order valence-electron chi connectivity index (χ1n) is 5.35. The van der Waals surface area contributed by atoms with Crippen molar-refractivity contribution in [3.8, 4) is 0 Å². The third kappa shape index (κ3) is 3.96. The van der Waals surface area contributed by atoms with Gasteiger partial charge in [0.05, 0.1) is 10.7 Å². The van der Waals surface area contributed by atoms with Crippen molar-refractivity contribution in [2.24, 2.45) is 5.92 Å². The van der Waals surface area contributed by atoms with Crippen LogP contribution in [0.1, 0.15) is 26.7 Å². The Labute approximate surface area is 101 Å². The van der Waals surface area contributed by atoms with Gasteiger partial charge in [-0.25, -0.2) is 0 Å². The molecule has 1 aromatic carbocycles. The summed E-state index contributed by atoms with van der Waals surface area (Å²) in [4.78, 5) is 1.21. The fourth-order valence-corrected chi connectivity index (χ4v) is 2.85. The van der Waals surface area contributed by atoms with Gasteiger partial charge >= 0.3 is 0 Å². The lowest BCUT2D eigenvalue weighted by molar-refractivity contribution is 0.554. The minimum absolute atomic E-state index is 0.656. The number of anilines is 1. The molecule has 0 aliphatic rings. The van der Waals surface area contributed by atoms with Crippen molar-refractivity contribution in [1.82, 2.24) is 0 Å². The molecular formula is C12H18ClNS. The monoisotopic (exact) mass is 243 g/mol. The molecule has 0 fully saturated rings. The summed E-state index contributed by atoms with van der Waals surface area (Å²) in [5.41, 5.74) is 6.31. The van der Waals surface area contributed by atoms with Crippen LogP contribution in [0, 0.1) is 5.92 Å². The number of nitrogen functional groups attached to an aromatic ring is 1. The first-order valence-corrected chi connectivity index (χ1v) is 6.71. The summed E-state index contributed by atoms with van der Waals surface area (Å²) in [6, 6.07) is 5.86. The highest BCUT2D eigenvalue weighted by Crippen LogP contribution is 2.28. The molecular weight excluding hydrogens is 226 g/mol. The van der Waals surface area contributed by atoms with E-state index in [0.29, 0.717) is 10.7 Å². The molecule has 0 aliphatic heterocycles. The zero-order chi connectivity index (χ0) is 11.3. The van der Waals surface area contributed by atoms with Crippen molar-refractivity contribution in [1.29, 1.82) is 0 Å². The Morgan fingerprint density at radius 2 is 2.00 bits per heavy atom. The van der Waals surface area contributed by atoms with E-state index in [1.54, 1.807) is 0 Å². The third-order valence-corrected chi connectivity index (χ3v) is 4.16. The Hall–Kier alpha value is -0.340. The van der Waals surface area contributed by atoms with Crippen LogP contribution >= 0.6 is 23.4 Å². The van der Waals surface area contributed by atoms with Crippen molar-refractivity contribution >= 4 is 29.1 Å². The molecule has 0 radical (unpaired) electrons. The summed E-state index contributed by atoms with van der Waals surface area (Å²) in [6.07, 6.45) is 2.48. The number of halogens is 1. The summed E-state index contributed by atoms with van der Waals surface area (Å²) < 4.78 is 0. The lowest BCUT2D eigenvalue weighted by atomic mass is 10.1. The van der Waals surface area contributed by atoms with Crippen LogP contribution in [0.5, 0.6) is 0 Å². The van der Waals surface area contributed by atoms with Gasteiger partial charge in [0.15, 0.2) is 0 Å². The molecule has 0 spiro atoms. The lowest BCUT2D eigenvalue weighted by Crippen LogP contribution is -1.99. The van der Waals surface area contributed by atoms with E-state index in [4.69, 9.17) is 17.3 Å². The van der Waals surface area contributed by atoms with Crippen LogP contribution in [-0.4, -0.2) is 5.75 Å². The van der Waals surface area contributed by atoms with Crippen LogP contribution in [-0.2, 0) is 0 Å². The van der Waals surface area contributed by atoms with Crippen LogP contribution in [0.4, 0.5) is 5.69 Å². The predicted octanol–water partition coefficient (Wildman–Crippen LogP) is 4.45. The van der Waals surface area contributed by atoms with Gasteiger partial charge in [0, 0.05) is 10.6 Å². The molecule has 0 saturated carbocycles. The second-order valence-corrected chi connectivity index (χ2v) is 5.18. The molecule has 3 heteroatoms. The van der Waals surface area contributed by atoms with E-state index in [1.165, 1.54) is 17.7 Å². The summed E-state index contributed by atoms with van der Waals surface area (Å²) in [7, 11) is 0. The Morgan fingerprint density at radius 3 is 2.53 bits per heavy atom. The van der Waals surface area contributed by atoms with Gasteiger partial charge in [0.1, 0.15) is 0 Å². The molecule has 0 bridgehead atoms. The molecule has 2 N–H and O–H groups in total. The van der Waals surface area contributed by atoms with Crippen LogP contribution in [0.25, 0.3) is 0 Å². The fourth-order valence-electron chi connectivity index (χ4n) is 1.34. The number of nitrogens with two attached hydrogens (primary N) is 1. The molecule has 0 atom stereocenters. The van der Waals surface area contributed by atoms with Crippen LogP contribution in [0.3, 0.4) is 0 Å². The van der Waals surface area contributed by atoms with Gasteiger partial charge in [0.25, 0.3) is 0 Å². The lowest BCUT2D eigenvalue weighted by Gasteiger charge is -2.11. The van der Waals surface area contributed by atoms with Crippen LogP contribution in [0.15, 0.2) is 23.1 Å². The van der Waals surface area contributed by atoms with Crippen molar-refractivity contribution in [3.63, 3.8) is 0 Å². The molecule has 1 nitrogen and oxygen atoms in total. The largest absolute Gasteiger partial charge is 0.398 e. The highest BCUT2D eigenvalue weighted by molar-refractivity contribution is 7.99. The summed E-state index contributed by atoms with van der Waals surface area (Å²) in [5.74, 6) is 1.96. The Balaban J connectivity index is 2.54. The molecule has 84 valence electrons. The minimum atomic E-state index is 0.656. The number of benzene rings is 1. The zero-order valence-electron chi connectivity index (χ0n) is 9.29. The smallest absolute Gasteiger partial charge is 0.0646 e. The van der Waals surface area contributed by atoms with Crippen LogP contribution < -0.4 is 5.73 Å². The average molecular weight is 244 g/mol. The maximum absolute atomic E-state index is 5.96. The molecule has 0 unspecified atom stereocenters. The highest BCUT2D eigenvalue weighted by Gasteiger charge is 2.05. The van der Waals surface area contributed by atoms with Crippen molar-refractivity contribution in [3.05, 3.63) is 23.2 Å². The molecule has 0 aromatic heterocycles. The molecule has 1 aromatic rings. The topological polar surface area (TPSA) is 26.0 Å². The van der Waals surface area contributed by atoms with E-state index < -0.39 is 0 Å². The second kappa shape index (κ2) is 6.29. The molecule has 0 amide bonds. The normalized spacial score (nSPS) is 10.9. The summed E-state index contributed by atoms with van der Waals surface area (Å²) in [5, 5.41) is 0.657. The quantitative estimate of drug-likeness (QED) is 0.611. The highest BCUT2D eigenvalue weighted by atomic mass is 35.5. The first-order chi connectivity index (χ1) is 7.17. The zero-order valence-corrected chi connectivity index (χ0v) is 10.9. The van der Waals surface area contributed by atoms with Gasteiger partial charge in [-0.05, 0) is 24.1 Å². The van der Waals surface area contributed by atoms with E-state index in [2.05, 4.69) is 13.8 Å². The van der Waals surface area contributed by atoms with Gasteiger partial charge in [0.2, 0.25) is 0 Å². The standard InChI is InChI=1S/C12H18ClNS/c1-3-9(4-2)8-15-10-5-6-12(14)11(13)7-10/h5-7,9H,3-4,8,14H2,1-2H3. The maximum atomic E-state index is 5.96. The molecule has 0 heterocycles. The van der Waals surface area contributed by atoms with Gasteiger partial charge in [-0.2, -0.15) is 0 Å². The molecule has 0 saturated heterocycles. The molecule has 15 heavy (non-hydrogen) atoms. The van der Waals surface area contributed by atoms with Gasteiger partial charge in [-0.3, -0.25) is 0 Å². The van der Waals surface area contributed by atoms with E-state index in [0.717, 1.165) is 11.7 Å². The SMILES string of the molecule is CCC(CC)CSc1ccc(N)c(Cl)c1. The fraction of sp³-hybridized carbons (Fsp3) is 0.500. The first kappa shape index (κ1) is 12.7. The Kier molecular flexibility index (Phi) is 5.34. The summed E-state index contributed by atoms with van der Waals surface area (Å²) >= 11 is 7.82. The van der Waals surface area contributed by atoms with Gasteiger partial charge in [-0.15, -0.1) is 11.8 Å². The van der Waals surface area contributed by atoms with E-state index in [9.17, 15) is 0 Å². The number of hydrogen-bond acceptors (Lipinski definition) is 2. The van der Waals surface area contributed by atoms with E-state index >= 15 is 0 Å². The van der Waals surface area contributed by atoms with E-state index in [-0.39, 0.29) is 0 Å². The Morgan fingerprint density at radius 1 is 1.33 bits per heavy atom. The van der Waals surface area contributed by atoms with Crippen molar-refractivity contribution < 1.29 is 0 Å². The number of thioether (sulfide) groups is 1.